The highest BCUT2D eigenvalue weighted by Crippen LogP contribution is 2.20. The minimum Gasteiger partial charge on any atom is -0.481 e. The number of hydrogen-bond acceptors (Lipinski definition) is 4. The maximum absolute atomic E-state index is 11.7. The van der Waals surface area contributed by atoms with Gasteiger partial charge < -0.3 is 20.8 Å². The van der Waals surface area contributed by atoms with Crippen LogP contribution < -0.4 is 10.6 Å². The fourth-order valence-corrected chi connectivity index (χ4v) is 1.77. The lowest BCUT2D eigenvalue weighted by molar-refractivity contribution is -0.145. The van der Waals surface area contributed by atoms with E-state index >= 15 is 0 Å². The summed E-state index contributed by atoms with van der Waals surface area (Å²) in [5.74, 6) is -2.83. The van der Waals surface area contributed by atoms with Gasteiger partial charge in [0.1, 0.15) is 12.1 Å². The first-order valence-electron chi connectivity index (χ1n) is 5.55. The summed E-state index contributed by atoms with van der Waals surface area (Å²) < 4.78 is 0.638. The lowest BCUT2D eigenvalue weighted by Crippen LogP contribution is -2.44. The standard InChI is InChI=1S/C12H10BrN3O5/c13-7-1-2-8(6(3-7)5-14)15-12(21)16-9(11(19)20)4-10(17)18/h1-3,9H,4H2,(H,17,18)(H,19,20)(H2,15,16,21). The van der Waals surface area contributed by atoms with E-state index in [0.717, 1.165) is 0 Å². The van der Waals surface area contributed by atoms with Crippen LogP contribution in [0.5, 0.6) is 0 Å². The van der Waals surface area contributed by atoms with Crippen molar-refractivity contribution in [3.63, 3.8) is 0 Å². The molecule has 0 saturated carbocycles. The highest BCUT2D eigenvalue weighted by molar-refractivity contribution is 9.10. The lowest BCUT2D eigenvalue weighted by Gasteiger charge is -2.14. The number of nitriles is 1. The number of nitrogens with zero attached hydrogens (tertiary/aromatic N) is 1. The maximum atomic E-state index is 11.7. The van der Waals surface area contributed by atoms with Gasteiger partial charge in [0.15, 0.2) is 0 Å². The molecule has 0 heterocycles. The van der Waals surface area contributed by atoms with Crippen LogP contribution in [0, 0.1) is 11.3 Å². The Morgan fingerprint density at radius 3 is 2.52 bits per heavy atom. The summed E-state index contributed by atoms with van der Waals surface area (Å²) in [6.07, 6.45) is -0.756. The number of carboxylic acids is 2. The van der Waals surface area contributed by atoms with Crippen LogP contribution in [0.15, 0.2) is 22.7 Å². The largest absolute Gasteiger partial charge is 0.481 e. The summed E-state index contributed by atoms with van der Waals surface area (Å²) in [5, 5.41) is 30.6. The highest BCUT2D eigenvalue weighted by Gasteiger charge is 2.23. The number of nitrogens with one attached hydrogen (secondary N) is 2. The molecule has 0 aromatic heterocycles. The van der Waals surface area contributed by atoms with Crippen LogP contribution in [-0.4, -0.2) is 34.2 Å². The molecule has 0 aliphatic heterocycles. The number of halogens is 1. The molecule has 0 aliphatic rings. The van der Waals surface area contributed by atoms with Crippen LogP contribution in [0.1, 0.15) is 12.0 Å². The number of carbonyl (C=O) groups excluding carboxylic acids is 1. The first-order valence-corrected chi connectivity index (χ1v) is 6.34. The fourth-order valence-electron chi connectivity index (χ4n) is 1.41. The molecule has 4 N–H and O–H groups in total. The van der Waals surface area contributed by atoms with Gasteiger partial charge in [-0.2, -0.15) is 5.26 Å². The number of carbonyl (C=O) groups is 3. The minimum absolute atomic E-state index is 0.171. The van der Waals surface area contributed by atoms with Gasteiger partial charge >= 0.3 is 18.0 Å². The smallest absolute Gasteiger partial charge is 0.326 e. The molecule has 110 valence electrons. The number of anilines is 1. The van der Waals surface area contributed by atoms with Crippen molar-refractivity contribution in [1.29, 1.82) is 5.26 Å². The minimum atomic E-state index is -1.57. The van der Waals surface area contributed by atoms with Crippen molar-refractivity contribution in [3.8, 4) is 6.07 Å². The number of urea groups is 1. The summed E-state index contributed by atoms with van der Waals surface area (Å²) in [6.45, 7) is 0. The fraction of sp³-hybridized carbons (Fsp3) is 0.167. The molecule has 0 saturated heterocycles. The van der Waals surface area contributed by atoms with E-state index in [-0.39, 0.29) is 11.3 Å². The van der Waals surface area contributed by atoms with Gasteiger partial charge in [-0.25, -0.2) is 9.59 Å². The van der Waals surface area contributed by atoms with Gasteiger partial charge in [-0.15, -0.1) is 0 Å². The second-order valence-corrected chi connectivity index (χ2v) is 4.80. The number of carboxylic acid groups (broad SMARTS) is 2. The van der Waals surface area contributed by atoms with Gasteiger partial charge in [0.2, 0.25) is 0 Å². The van der Waals surface area contributed by atoms with E-state index in [9.17, 15) is 14.4 Å². The van der Waals surface area contributed by atoms with E-state index in [1.54, 1.807) is 6.07 Å². The molecule has 1 rings (SSSR count). The maximum Gasteiger partial charge on any atom is 0.326 e. The molecular formula is C12H10BrN3O5. The third-order valence-corrected chi connectivity index (χ3v) is 2.83. The van der Waals surface area contributed by atoms with E-state index < -0.39 is 30.4 Å². The topological polar surface area (TPSA) is 140 Å². The molecular weight excluding hydrogens is 346 g/mol. The molecule has 0 aliphatic carbocycles. The molecule has 9 heteroatoms. The predicted octanol–water partition coefficient (Wildman–Crippen LogP) is 1.37. The SMILES string of the molecule is N#Cc1cc(Br)ccc1NC(=O)NC(CC(=O)O)C(=O)O. The zero-order valence-electron chi connectivity index (χ0n) is 10.5. The van der Waals surface area contributed by atoms with Crippen LogP contribution in [0.25, 0.3) is 0 Å². The first-order chi connectivity index (χ1) is 9.83. The van der Waals surface area contributed by atoms with Gasteiger partial charge in [0, 0.05) is 4.47 Å². The molecule has 21 heavy (non-hydrogen) atoms. The lowest BCUT2D eigenvalue weighted by atomic mass is 10.2. The van der Waals surface area contributed by atoms with Gasteiger partial charge in [0.05, 0.1) is 17.7 Å². The summed E-state index contributed by atoms with van der Waals surface area (Å²) in [6, 6.07) is 3.90. The van der Waals surface area contributed by atoms with Crippen LogP contribution in [0.4, 0.5) is 10.5 Å². The molecule has 2 amide bonds. The normalized spacial score (nSPS) is 11.0. The number of rotatable bonds is 5. The van der Waals surface area contributed by atoms with Crippen molar-refractivity contribution in [2.45, 2.75) is 12.5 Å². The van der Waals surface area contributed by atoms with Crippen molar-refractivity contribution in [2.24, 2.45) is 0 Å². The summed E-state index contributed by atoms with van der Waals surface area (Å²) in [7, 11) is 0. The third kappa shape index (κ3) is 5.12. The summed E-state index contributed by atoms with van der Waals surface area (Å²) in [4.78, 5) is 33.0. The Hall–Kier alpha value is -2.60. The average Bonchev–Trinajstić information content (AvgIpc) is 2.39. The van der Waals surface area contributed by atoms with Gasteiger partial charge in [0.25, 0.3) is 0 Å². The summed E-state index contributed by atoms with van der Waals surface area (Å²) in [5.41, 5.74) is 0.349. The zero-order valence-corrected chi connectivity index (χ0v) is 12.0. The van der Waals surface area contributed by atoms with E-state index in [1.807, 2.05) is 11.4 Å². The van der Waals surface area contributed by atoms with Crippen molar-refractivity contribution < 1.29 is 24.6 Å². The Morgan fingerprint density at radius 1 is 1.33 bits per heavy atom. The Labute approximate surface area is 127 Å². The van der Waals surface area contributed by atoms with Gasteiger partial charge in [-0.05, 0) is 18.2 Å². The van der Waals surface area contributed by atoms with E-state index in [4.69, 9.17) is 15.5 Å². The van der Waals surface area contributed by atoms with Crippen LogP contribution in [0.2, 0.25) is 0 Å². The van der Waals surface area contributed by atoms with E-state index in [1.165, 1.54) is 12.1 Å². The monoisotopic (exact) mass is 355 g/mol. The molecule has 0 bridgehead atoms. The molecule has 8 nitrogen and oxygen atoms in total. The van der Waals surface area contributed by atoms with Crippen LogP contribution in [-0.2, 0) is 9.59 Å². The molecule has 1 aromatic carbocycles. The van der Waals surface area contributed by atoms with Gasteiger partial charge in [-0.3, -0.25) is 4.79 Å². The Bertz CT molecular complexity index is 626. The summed E-state index contributed by atoms with van der Waals surface area (Å²) >= 11 is 3.17. The second kappa shape index (κ2) is 7.25. The van der Waals surface area contributed by atoms with Crippen molar-refractivity contribution in [3.05, 3.63) is 28.2 Å². The molecule has 1 atom stereocenters. The Morgan fingerprint density at radius 2 is 2.00 bits per heavy atom. The van der Waals surface area contributed by atoms with Gasteiger partial charge in [-0.1, -0.05) is 15.9 Å². The Kier molecular flexibility index (Phi) is 5.68. The van der Waals surface area contributed by atoms with Crippen LogP contribution >= 0.6 is 15.9 Å². The molecule has 1 unspecified atom stereocenters. The number of benzene rings is 1. The van der Waals surface area contributed by atoms with Crippen LogP contribution in [0.3, 0.4) is 0 Å². The molecule has 0 spiro atoms. The predicted molar refractivity (Wildman–Crippen MR) is 74.7 cm³/mol. The van der Waals surface area contributed by atoms with E-state index in [2.05, 4.69) is 21.2 Å². The Balaban J connectivity index is 2.79. The average molecular weight is 356 g/mol. The van der Waals surface area contributed by atoms with Crippen molar-refractivity contribution >= 4 is 39.6 Å². The third-order valence-electron chi connectivity index (χ3n) is 2.33. The number of amides is 2. The van der Waals surface area contributed by atoms with E-state index in [0.29, 0.717) is 4.47 Å². The quantitative estimate of drug-likeness (QED) is 0.628. The molecule has 1 aromatic rings. The second-order valence-electron chi connectivity index (χ2n) is 3.89. The zero-order chi connectivity index (χ0) is 16.0. The highest BCUT2D eigenvalue weighted by atomic mass is 79.9. The molecule has 0 fully saturated rings. The number of hydrogen-bond donors (Lipinski definition) is 4. The van der Waals surface area contributed by atoms with Crippen molar-refractivity contribution in [1.82, 2.24) is 5.32 Å². The van der Waals surface area contributed by atoms with Crippen molar-refractivity contribution in [2.75, 3.05) is 5.32 Å². The molecule has 0 radical (unpaired) electrons. The first kappa shape index (κ1) is 16.5. The number of aliphatic carboxylic acids is 2.